The van der Waals surface area contributed by atoms with Crippen molar-refractivity contribution in [1.82, 2.24) is 15.3 Å². The number of aromatic nitrogens is 2. The van der Waals surface area contributed by atoms with E-state index in [2.05, 4.69) is 15.3 Å². The quantitative estimate of drug-likeness (QED) is 0.877. The van der Waals surface area contributed by atoms with Crippen LogP contribution in [0.25, 0.3) is 0 Å². The molecule has 4 nitrogen and oxygen atoms in total. The van der Waals surface area contributed by atoms with E-state index >= 15 is 0 Å². The summed E-state index contributed by atoms with van der Waals surface area (Å²) < 4.78 is 38.3. The molecule has 0 aliphatic rings. The van der Waals surface area contributed by atoms with Gasteiger partial charge in [0.05, 0.1) is 17.6 Å². The fourth-order valence-electron chi connectivity index (χ4n) is 1.98. The van der Waals surface area contributed by atoms with Crippen LogP contribution in [0.4, 0.5) is 18.9 Å². The number of nitrogens with zero attached hydrogens (tertiary/aromatic N) is 3. The normalized spacial score (nSPS) is 12.3. The molecule has 0 aliphatic heterocycles. The summed E-state index contributed by atoms with van der Waals surface area (Å²) in [6, 6.07) is -0.296. The standard InChI is InChI=1S/C14H23F3N4/c1-9(2)13-19-7-12(11(20-13)6-18-5)21(10(3)4)8-14(15,16)17/h7,9-10,18H,6,8H2,1-5H3. The minimum Gasteiger partial charge on any atom is -0.357 e. The Hall–Kier alpha value is -1.37. The maximum atomic E-state index is 12.8. The van der Waals surface area contributed by atoms with Crippen molar-refractivity contribution in [3.05, 3.63) is 17.7 Å². The summed E-state index contributed by atoms with van der Waals surface area (Å²) in [6.45, 7) is 6.75. The van der Waals surface area contributed by atoms with Gasteiger partial charge in [0.2, 0.25) is 0 Å². The van der Waals surface area contributed by atoms with Crippen LogP contribution < -0.4 is 10.2 Å². The highest BCUT2D eigenvalue weighted by molar-refractivity contribution is 5.50. The predicted octanol–water partition coefficient (Wildman–Crippen LogP) is 3.10. The van der Waals surface area contributed by atoms with Gasteiger partial charge < -0.3 is 10.2 Å². The molecule has 1 aromatic heterocycles. The zero-order valence-corrected chi connectivity index (χ0v) is 13.1. The molecule has 1 rings (SSSR count). The number of halogens is 3. The first-order chi connectivity index (χ1) is 9.65. The Bertz CT molecular complexity index is 458. The molecule has 1 N–H and O–H groups in total. The molecule has 0 saturated heterocycles. The minimum absolute atomic E-state index is 0.129. The van der Waals surface area contributed by atoms with Gasteiger partial charge in [0.1, 0.15) is 12.4 Å². The zero-order chi connectivity index (χ0) is 16.2. The summed E-state index contributed by atoms with van der Waals surface area (Å²) in [7, 11) is 1.74. The molecule has 0 aliphatic carbocycles. The molecule has 0 atom stereocenters. The Morgan fingerprint density at radius 1 is 1.24 bits per heavy atom. The lowest BCUT2D eigenvalue weighted by Gasteiger charge is -2.31. The van der Waals surface area contributed by atoms with E-state index in [0.29, 0.717) is 23.8 Å². The summed E-state index contributed by atoms with van der Waals surface area (Å²) in [6.07, 6.45) is -2.77. The van der Waals surface area contributed by atoms with Gasteiger partial charge in [0.25, 0.3) is 0 Å². The van der Waals surface area contributed by atoms with Gasteiger partial charge in [-0.2, -0.15) is 13.2 Å². The van der Waals surface area contributed by atoms with Crippen LogP contribution in [0.15, 0.2) is 6.20 Å². The third-order valence-electron chi connectivity index (χ3n) is 3.01. The fourth-order valence-corrected chi connectivity index (χ4v) is 1.98. The summed E-state index contributed by atoms with van der Waals surface area (Å²) in [5, 5.41) is 2.95. The van der Waals surface area contributed by atoms with Crippen molar-refractivity contribution >= 4 is 5.69 Å². The molecular weight excluding hydrogens is 281 g/mol. The molecule has 1 heterocycles. The van der Waals surface area contributed by atoms with E-state index < -0.39 is 12.7 Å². The molecule has 1 aromatic rings. The number of hydrogen-bond donors (Lipinski definition) is 1. The van der Waals surface area contributed by atoms with E-state index in [1.165, 1.54) is 11.1 Å². The van der Waals surface area contributed by atoms with E-state index in [9.17, 15) is 13.2 Å². The Labute approximate surface area is 123 Å². The second-order valence-electron chi connectivity index (χ2n) is 5.58. The van der Waals surface area contributed by atoms with Gasteiger partial charge in [-0.3, -0.25) is 0 Å². The van der Waals surface area contributed by atoms with Gasteiger partial charge in [0.15, 0.2) is 0 Å². The molecule has 7 heteroatoms. The number of hydrogen-bond acceptors (Lipinski definition) is 4. The Balaban J connectivity index is 3.23. The first-order valence-electron chi connectivity index (χ1n) is 6.99. The molecule has 120 valence electrons. The minimum atomic E-state index is -4.27. The van der Waals surface area contributed by atoms with E-state index in [4.69, 9.17) is 0 Å². The first kappa shape index (κ1) is 17.7. The monoisotopic (exact) mass is 304 g/mol. The Kier molecular flexibility index (Phi) is 5.95. The van der Waals surface area contributed by atoms with E-state index in [-0.39, 0.29) is 12.0 Å². The fraction of sp³-hybridized carbons (Fsp3) is 0.714. The van der Waals surface area contributed by atoms with Crippen molar-refractivity contribution < 1.29 is 13.2 Å². The molecule has 0 saturated carbocycles. The van der Waals surface area contributed by atoms with Crippen molar-refractivity contribution in [2.24, 2.45) is 0 Å². The molecule has 0 bridgehead atoms. The first-order valence-corrected chi connectivity index (χ1v) is 6.99. The average Bonchev–Trinajstić information content (AvgIpc) is 2.35. The topological polar surface area (TPSA) is 41.1 Å². The van der Waals surface area contributed by atoms with Gasteiger partial charge in [-0.25, -0.2) is 9.97 Å². The molecule has 0 spiro atoms. The summed E-state index contributed by atoms with van der Waals surface area (Å²) in [5.41, 5.74) is 1.02. The van der Waals surface area contributed by atoms with E-state index in [1.54, 1.807) is 20.9 Å². The van der Waals surface area contributed by atoms with E-state index in [1.807, 2.05) is 13.8 Å². The van der Waals surface area contributed by atoms with Crippen molar-refractivity contribution in [3.8, 4) is 0 Å². The molecule has 0 unspecified atom stereocenters. The third-order valence-corrected chi connectivity index (χ3v) is 3.01. The van der Waals surface area contributed by atoms with Crippen LogP contribution in [-0.4, -0.2) is 35.8 Å². The van der Waals surface area contributed by atoms with Crippen molar-refractivity contribution in [1.29, 1.82) is 0 Å². The lowest BCUT2D eigenvalue weighted by molar-refractivity contribution is -0.120. The second kappa shape index (κ2) is 7.06. The van der Waals surface area contributed by atoms with Crippen LogP contribution in [0.2, 0.25) is 0 Å². The summed E-state index contributed by atoms with van der Waals surface area (Å²) in [4.78, 5) is 9.91. The van der Waals surface area contributed by atoms with Gasteiger partial charge in [-0.05, 0) is 20.9 Å². The average molecular weight is 304 g/mol. The molecule has 0 amide bonds. The molecule has 21 heavy (non-hydrogen) atoms. The second-order valence-corrected chi connectivity index (χ2v) is 5.58. The van der Waals surface area contributed by atoms with Crippen molar-refractivity contribution in [2.75, 3.05) is 18.5 Å². The van der Waals surface area contributed by atoms with Crippen LogP contribution in [0.3, 0.4) is 0 Å². The molecular formula is C14H23F3N4. The highest BCUT2D eigenvalue weighted by Gasteiger charge is 2.33. The smallest absolute Gasteiger partial charge is 0.357 e. The van der Waals surface area contributed by atoms with Crippen LogP contribution in [-0.2, 0) is 6.54 Å². The number of anilines is 1. The molecule has 0 aromatic carbocycles. The maximum Gasteiger partial charge on any atom is 0.405 e. The maximum absolute atomic E-state index is 12.8. The largest absolute Gasteiger partial charge is 0.405 e. The Morgan fingerprint density at radius 3 is 2.29 bits per heavy atom. The SMILES string of the molecule is CNCc1nc(C(C)C)ncc1N(CC(F)(F)F)C(C)C. The number of rotatable bonds is 6. The summed E-state index contributed by atoms with van der Waals surface area (Å²) >= 11 is 0. The highest BCUT2D eigenvalue weighted by atomic mass is 19.4. The van der Waals surface area contributed by atoms with E-state index in [0.717, 1.165) is 0 Å². The van der Waals surface area contributed by atoms with Gasteiger partial charge >= 0.3 is 6.18 Å². The Morgan fingerprint density at radius 2 is 1.86 bits per heavy atom. The van der Waals surface area contributed by atoms with Gasteiger partial charge in [-0.15, -0.1) is 0 Å². The highest BCUT2D eigenvalue weighted by Crippen LogP contribution is 2.27. The number of nitrogens with one attached hydrogen (secondary N) is 1. The lowest BCUT2D eigenvalue weighted by atomic mass is 10.2. The van der Waals surface area contributed by atoms with Crippen LogP contribution in [0.5, 0.6) is 0 Å². The van der Waals surface area contributed by atoms with Gasteiger partial charge in [-0.1, -0.05) is 13.8 Å². The number of alkyl halides is 3. The van der Waals surface area contributed by atoms with Crippen molar-refractivity contribution in [2.45, 2.75) is 52.4 Å². The molecule has 0 radical (unpaired) electrons. The predicted molar refractivity (Wildman–Crippen MR) is 77.4 cm³/mol. The molecule has 0 fully saturated rings. The van der Waals surface area contributed by atoms with Crippen LogP contribution in [0.1, 0.15) is 45.1 Å². The van der Waals surface area contributed by atoms with Crippen LogP contribution in [0, 0.1) is 0 Å². The lowest BCUT2D eigenvalue weighted by Crippen LogP contribution is -2.40. The third kappa shape index (κ3) is 5.15. The summed E-state index contributed by atoms with van der Waals surface area (Å²) in [5.74, 6) is 0.768. The zero-order valence-electron chi connectivity index (χ0n) is 13.1. The van der Waals surface area contributed by atoms with Gasteiger partial charge in [0, 0.05) is 18.5 Å². The van der Waals surface area contributed by atoms with Crippen molar-refractivity contribution in [3.63, 3.8) is 0 Å². The van der Waals surface area contributed by atoms with Crippen LogP contribution >= 0.6 is 0 Å².